The standard InChI is InChI=1S/C13H12ClN3O2/c1-19-12-5-3-9(7-16-12)17-13(18)10-4-2-8(15)6-11(10)14/h2-7H,15H2,1H3,(H,17,18). The molecule has 0 aliphatic rings. The molecule has 19 heavy (non-hydrogen) atoms. The number of anilines is 2. The number of nitrogens with one attached hydrogen (secondary N) is 1. The van der Waals surface area contributed by atoms with Gasteiger partial charge in [-0.15, -0.1) is 0 Å². The lowest BCUT2D eigenvalue weighted by molar-refractivity contribution is 0.102. The number of aromatic nitrogens is 1. The van der Waals surface area contributed by atoms with Gasteiger partial charge in [-0.1, -0.05) is 11.6 Å². The molecule has 0 aliphatic carbocycles. The van der Waals surface area contributed by atoms with Crippen molar-refractivity contribution in [1.82, 2.24) is 4.98 Å². The number of ether oxygens (including phenoxy) is 1. The maximum atomic E-state index is 12.0. The predicted molar refractivity (Wildman–Crippen MR) is 74.6 cm³/mol. The average Bonchev–Trinajstić information content (AvgIpc) is 2.39. The van der Waals surface area contributed by atoms with Gasteiger partial charge in [-0.2, -0.15) is 0 Å². The smallest absolute Gasteiger partial charge is 0.257 e. The Morgan fingerprint density at radius 1 is 1.37 bits per heavy atom. The molecule has 0 aliphatic heterocycles. The zero-order chi connectivity index (χ0) is 13.8. The van der Waals surface area contributed by atoms with E-state index in [-0.39, 0.29) is 5.91 Å². The first-order valence-electron chi connectivity index (χ1n) is 5.46. The number of carbonyl (C=O) groups is 1. The van der Waals surface area contributed by atoms with Gasteiger partial charge in [0.05, 0.1) is 29.6 Å². The summed E-state index contributed by atoms with van der Waals surface area (Å²) in [5.74, 6) is 0.153. The van der Waals surface area contributed by atoms with E-state index >= 15 is 0 Å². The molecule has 2 rings (SSSR count). The van der Waals surface area contributed by atoms with E-state index in [1.54, 1.807) is 24.3 Å². The minimum absolute atomic E-state index is 0.305. The zero-order valence-electron chi connectivity index (χ0n) is 10.2. The molecule has 1 aromatic heterocycles. The molecule has 1 heterocycles. The van der Waals surface area contributed by atoms with Crippen molar-refractivity contribution in [2.24, 2.45) is 0 Å². The number of pyridine rings is 1. The van der Waals surface area contributed by atoms with Gasteiger partial charge in [0, 0.05) is 11.8 Å². The molecule has 0 saturated carbocycles. The van der Waals surface area contributed by atoms with Crippen molar-refractivity contribution < 1.29 is 9.53 Å². The summed E-state index contributed by atoms with van der Waals surface area (Å²) in [5.41, 5.74) is 6.99. The van der Waals surface area contributed by atoms with Crippen LogP contribution in [0.5, 0.6) is 5.88 Å². The molecule has 6 heteroatoms. The van der Waals surface area contributed by atoms with Crippen LogP contribution >= 0.6 is 11.6 Å². The number of methoxy groups -OCH3 is 1. The second kappa shape index (κ2) is 5.58. The third-order valence-corrected chi connectivity index (χ3v) is 2.75. The number of halogens is 1. The quantitative estimate of drug-likeness (QED) is 0.846. The third kappa shape index (κ3) is 3.14. The van der Waals surface area contributed by atoms with E-state index < -0.39 is 0 Å². The van der Waals surface area contributed by atoms with Gasteiger partial charge < -0.3 is 15.8 Å². The van der Waals surface area contributed by atoms with Crippen LogP contribution in [0.15, 0.2) is 36.5 Å². The molecule has 3 N–H and O–H groups in total. The number of hydrogen-bond donors (Lipinski definition) is 2. The van der Waals surface area contributed by atoms with E-state index in [4.69, 9.17) is 22.1 Å². The predicted octanol–water partition coefficient (Wildman–Crippen LogP) is 2.58. The average molecular weight is 278 g/mol. The normalized spacial score (nSPS) is 10.0. The van der Waals surface area contributed by atoms with Crippen LogP contribution in [0.1, 0.15) is 10.4 Å². The molecule has 1 aromatic carbocycles. The van der Waals surface area contributed by atoms with Crippen molar-refractivity contribution in [3.63, 3.8) is 0 Å². The number of rotatable bonds is 3. The number of nitrogen functional groups attached to an aromatic ring is 1. The fourth-order valence-corrected chi connectivity index (χ4v) is 1.76. The monoisotopic (exact) mass is 277 g/mol. The maximum Gasteiger partial charge on any atom is 0.257 e. The molecule has 0 atom stereocenters. The van der Waals surface area contributed by atoms with Gasteiger partial charge in [-0.3, -0.25) is 4.79 Å². The summed E-state index contributed by atoms with van der Waals surface area (Å²) >= 11 is 5.96. The molecule has 0 spiro atoms. The first-order valence-corrected chi connectivity index (χ1v) is 5.84. The zero-order valence-corrected chi connectivity index (χ0v) is 10.9. The lowest BCUT2D eigenvalue weighted by Crippen LogP contribution is -2.12. The summed E-state index contributed by atoms with van der Waals surface area (Å²) in [5, 5.41) is 2.99. The van der Waals surface area contributed by atoms with Gasteiger partial charge in [0.1, 0.15) is 0 Å². The van der Waals surface area contributed by atoms with Gasteiger partial charge >= 0.3 is 0 Å². The molecule has 2 aromatic rings. The van der Waals surface area contributed by atoms with Gasteiger partial charge in [0.15, 0.2) is 0 Å². The number of hydrogen-bond acceptors (Lipinski definition) is 4. The third-order valence-electron chi connectivity index (χ3n) is 2.44. The highest BCUT2D eigenvalue weighted by atomic mass is 35.5. The van der Waals surface area contributed by atoms with Crippen molar-refractivity contribution in [2.75, 3.05) is 18.2 Å². The van der Waals surface area contributed by atoms with Crippen LogP contribution in [0.25, 0.3) is 0 Å². The van der Waals surface area contributed by atoms with Crippen molar-refractivity contribution in [1.29, 1.82) is 0 Å². The Bertz CT molecular complexity index is 599. The Hall–Kier alpha value is -2.27. The molecule has 0 saturated heterocycles. The molecule has 5 nitrogen and oxygen atoms in total. The SMILES string of the molecule is COc1ccc(NC(=O)c2ccc(N)cc2Cl)cn1. The number of amides is 1. The Kier molecular flexibility index (Phi) is 3.87. The van der Waals surface area contributed by atoms with Crippen molar-refractivity contribution in [3.8, 4) is 5.88 Å². The van der Waals surface area contributed by atoms with E-state index in [1.165, 1.54) is 19.4 Å². The first kappa shape index (κ1) is 13.2. The second-order valence-corrected chi connectivity index (χ2v) is 4.19. The maximum absolute atomic E-state index is 12.0. The van der Waals surface area contributed by atoms with E-state index in [1.807, 2.05) is 0 Å². The van der Waals surface area contributed by atoms with Gasteiger partial charge in [0.25, 0.3) is 5.91 Å². The highest BCUT2D eigenvalue weighted by Gasteiger charge is 2.10. The van der Waals surface area contributed by atoms with E-state index in [2.05, 4.69) is 10.3 Å². The van der Waals surface area contributed by atoms with Crippen LogP contribution in [0.2, 0.25) is 5.02 Å². The van der Waals surface area contributed by atoms with E-state index in [9.17, 15) is 4.79 Å². The minimum Gasteiger partial charge on any atom is -0.481 e. The van der Waals surface area contributed by atoms with Crippen molar-refractivity contribution in [2.45, 2.75) is 0 Å². The largest absolute Gasteiger partial charge is 0.481 e. The number of carbonyl (C=O) groups excluding carboxylic acids is 1. The second-order valence-electron chi connectivity index (χ2n) is 3.78. The summed E-state index contributed by atoms with van der Waals surface area (Å²) in [6, 6.07) is 8.06. The highest BCUT2D eigenvalue weighted by Crippen LogP contribution is 2.20. The van der Waals surface area contributed by atoms with Crippen LogP contribution in [0, 0.1) is 0 Å². The summed E-state index contributed by atoms with van der Waals surface area (Å²) < 4.78 is 4.93. The Morgan fingerprint density at radius 3 is 2.74 bits per heavy atom. The number of nitrogens with zero attached hydrogens (tertiary/aromatic N) is 1. The molecule has 0 bridgehead atoms. The topological polar surface area (TPSA) is 77.2 Å². The molecular weight excluding hydrogens is 266 g/mol. The Morgan fingerprint density at radius 2 is 2.16 bits per heavy atom. The molecule has 0 radical (unpaired) electrons. The number of nitrogens with two attached hydrogens (primary N) is 1. The number of benzene rings is 1. The first-order chi connectivity index (χ1) is 9.10. The Labute approximate surface area is 115 Å². The molecule has 0 fully saturated rings. The summed E-state index contributed by atoms with van der Waals surface area (Å²) in [7, 11) is 1.52. The van der Waals surface area contributed by atoms with Crippen molar-refractivity contribution in [3.05, 3.63) is 47.1 Å². The van der Waals surface area contributed by atoms with E-state index in [0.717, 1.165) is 0 Å². The lowest BCUT2D eigenvalue weighted by atomic mass is 10.2. The fourth-order valence-electron chi connectivity index (χ4n) is 1.49. The summed E-state index contributed by atoms with van der Waals surface area (Å²) in [6.45, 7) is 0. The Balaban J connectivity index is 2.15. The molecule has 1 amide bonds. The van der Waals surface area contributed by atoms with Crippen molar-refractivity contribution >= 4 is 28.9 Å². The van der Waals surface area contributed by atoms with Crippen LogP contribution in [-0.4, -0.2) is 18.0 Å². The van der Waals surface area contributed by atoms with Gasteiger partial charge in [-0.25, -0.2) is 4.98 Å². The minimum atomic E-state index is -0.322. The molecular formula is C13H12ClN3O2. The molecule has 98 valence electrons. The van der Waals surface area contributed by atoms with Gasteiger partial charge in [-0.05, 0) is 24.3 Å². The van der Waals surface area contributed by atoms with Crippen LogP contribution < -0.4 is 15.8 Å². The van der Waals surface area contributed by atoms with Gasteiger partial charge in [0.2, 0.25) is 5.88 Å². The fraction of sp³-hybridized carbons (Fsp3) is 0.0769. The van der Waals surface area contributed by atoms with Crippen LogP contribution in [-0.2, 0) is 0 Å². The molecule has 0 unspecified atom stereocenters. The summed E-state index contributed by atoms with van der Waals surface area (Å²) in [6.07, 6.45) is 1.50. The summed E-state index contributed by atoms with van der Waals surface area (Å²) in [4.78, 5) is 16.0. The highest BCUT2D eigenvalue weighted by molar-refractivity contribution is 6.34. The van der Waals surface area contributed by atoms with Crippen LogP contribution in [0.3, 0.4) is 0 Å². The van der Waals surface area contributed by atoms with Crippen LogP contribution in [0.4, 0.5) is 11.4 Å². The van der Waals surface area contributed by atoms with E-state index in [0.29, 0.717) is 27.8 Å². The lowest BCUT2D eigenvalue weighted by Gasteiger charge is -2.07.